The Morgan fingerprint density at radius 1 is 1.28 bits per heavy atom. The Labute approximate surface area is 144 Å². The second-order valence-electron chi connectivity index (χ2n) is 6.30. The summed E-state index contributed by atoms with van der Waals surface area (Å²) in [7, 11) is 1.35. The summed E-state index contributed by atoms with van der Waals surface area (Å²) in [5.74, 6) is 0. The first-order valence-electron chi connectivity index (χ1n) is 8.22. The fraction of sp³-hybridized carbons (Fsp3) is 0.389. The number of rotatable bonds is 3. The Balaban J connectivity index is 1.98. The lowest BCUT2D eigenvalue weighted by atomic mass is 10.1. The van der Waals surface area contributed by atoms with E-state index in [4.69, 9.17) is 4.74 Å². The highest BCUT2D eigenvalue weighted by atomic mass is 16.5. The maximum Gasteiger partial charge on any atom is 0.410 e. The number of para-hydroxylation sites is 2. The van der Waals surface area contributed by atoms with Gasteiger partial charge in [-0.1, -0.05) is 24.3 Å². The SMILES string of the molecule is COC(=O)N1C(C)C=CC1C[C@@H](C)n1c(=O)c(=O)[nH]c2ccccc21. The standard InChI is InChI=1S/C18H21N3O4/c1-11-8-9-13(20(11)18(24)25-3)10-12(2)21-15-7-5-4-6-14(15)19-16(22)17(21)23/h4-9,11-13H,10H2,1-3H3,(H,19,22)/t11?,12-,13?/m1/s1. The van der Waals surface area contributed by atoms with Gasteiger partial charge in [0.05, 0.1) is 30.2 Å². The molecule has 0 radical (unpaired) electrons. The third kappa shape index (κ3) is 2.97. The van der Waals surface area contributed by atoms with E-state index in [1.165, 1.54) is 11.7 Å². The summed E-state index contributed by atoms with van der Waals surface area (Å²) in [6.45, 7) is 3.78. The summed E-state index contributed by atoms with van der Waals surface area (Å²) >= 11 is 0. The fourth-order valence-electron chi connectivity index (χ4n) is 3.45. The number of aromatic amines is 1. The molecular formula is C18H21N3O4. The van der Waals surface area contributed by atoms with Gasteiger partial charge in [0, 0.05) is 6.04 Å². The molecule has 3 rings (SSSR count). The lowest BCUT2D eigenvalue weighted by Gasteiger charge is -2.29. The van der Waals surface area contributed by atoms with Gasteiger partial charge in [0.2, 0.25) is 0 Å². The molecule has 0 saturated heterocycles. The molecule has 3 atom stereocenters. The smallest absolute Gasteiger partial charge is 0.410 e. The van der Waals surface area contributed by atoms with Crippen LogP contribution in [0, 0.1) is 0 Å². The molecule has 0 spiro atoms. The van der Waals surface area contributed by atoms with Gasteiger partial charge in [-0.25, -0.2) is 4.79 Å². The van der Waals surface area contributed by atoms with Gasteiger partial charge >= 0.3 is 17.2 Å². The molecular weight excluding hydrogens is 322 g/mol. The molecule has 7 heteroatoms. The molecule has 1 aromatic carbocycles. The number of H-pyrrole nitrogens is 1. The van der Waals surface area contributed by atoms with E-state index >= 15 is 0 Å². The fourth-order valence-corrected chi connectivity index (χ4v) is 3.45. The number of fused-ring (bicyclic) bond motifs is 1. The number of nitrogens with zero attached hydrogens (tertiary/aromatic N) is 2. The van der Waals surface area contributed by atoms with E-state index in [2.05, 4.69) is 4.98 Å². The zero-order valence-electron chi connectivity index (χ0n) is 14.4. The predicted molar refractivity (Wildman–Crippen MR) is 94.8 cm³/mol. The van der Waals surface area contributed by atoms with Crippen molar-refractivity contribution >= 4 is 17.1 Å². The highest BCUT2D eigenvalue weighted by Gasteiger charge is 2.32. The average Bonchev–Trinajstić information content (AvgIpc) is 2.95. The first kappa shape index (κ1) is 17.0. The number of ether oxygens (including phenoxy) is 1. The minimum absolute atomic E-state index is 0.0720. The second kappa shape index (κ2) is 6.58. The van der Waals surface area contributed by atoms with E-state index in [9.17, 15) is 14.4 Å². The predicted octanol–water partition coefficient (Wildman–Crippen LogP) is 2.04. The van der Waals surface area contributed by atoms with Gasteiger partial charge in [0.1, 0.15) is 0 Å². The number of carbonyl (C=O) groups excluding carboxylic acids is 1. The van der Waals surface area contributed by atoms with Crippen molar-refractivity contribution in [2.24, 2.45) is 0 Å². The van der Waals surface area contributed by atoms with E-state index in [-0.39, 0.29) is 18.1 Å². The van der Waals surface area contributed by atoms with Crippen LogP contribution in [0.5, 0.6) is 0 Å². The number of methoxy groups -OCH3 is 1. The Morgan fingerprint density at radius 2 is 2.00 bits per heavy atom. The minimum atomic E-state index is -0.647. The van der Waals surface area contributed by atoms with Crippen LogP contribution in [-0.4, -0.2) is 39.7 Å². The van der Waals surface area contributed by atoms with Crippen molar-refractivity contribution in [1.82, 2.24) is 14.5 Å². The number of aromatic nitrogens is 2. The Bertz CT molecular complexity index is 943. The van der Waals surface area contributed by atoms with Crippen LogP contribution < -0.4 is 11.1 Å². The molecule has 1 aliphatic heterocycles. The lowest BCUT2D eigenvalue weighted by molar-refractivity contribution is 0.105. The molecule has 0 aliphatic carbocycles. The second-order valence-corrected chi connectivity index (χ2v) is 6.30. The number of benzene rings is 1. The number of hydrogen-bond donors (Lipinski definition) is 1. The maximum atomic E-state index is 12.4. The van der Waals surface area contributed by atoms with Crippen LogP contribution in [-0.2, 0) is 4.74 Å². The van der Waals surface area contributed by atoms with Crippen molar-refractivity contribution in [2.75, 3.05) is 7.11 Å². The van der Waals surface area contributed by atoms with E-state index in [1.807, 2.05) is 32.1 Å². The maximum absolute atomic E-state index is 12.4. The highest BCUT2D eigenvalue weighted by Crippen LogP contribution is 2.26. The van der Waals surface area contributed by atoms with Gasteiger partial charge in [-0.15, -0.1) is 0 Å². The van der Waals surface area contributed by atoms with Crippen LogP contribution in [0.3, 0.4) is 0 Å². The number of nitrogens with one attached hydrogen (secondary N) is 1. The largest absolute Gasteiger partial charge is 0.453 e. The minimum Gasteiger partial charge on any atom is -0.453 e. The van der Waals surface area contributed by atoms with Gasteiger partial charge in [-0.3, -0.25) is 19.1 Å². The van der Waals surface area contributed by atoms with Crippen molar-refractivity contribution < 1.29 is 9.53 Å². The monoisotopic (exact) mass is 343 g/mol. The highest BCUT2D eigenvalue weighted by molar-refractivity contribution is 5.74. The third-order valence-electron chi connectivity index (χ3n) is 4.64. The van der Waals surface area contributed by atoms with Crippen molar-refractivity contribution in [2.45, 2.75) is 38.4 Å². The van der Waals surface area contributed by atoms with Crippen LogP contribution in [0.1, 0.15) is 26.3 Å². The van der Waals surface area contributed by atoms with Crippen molar-refractivity contribution in [3.63, 3.8) is 0 Å². The Kier molecular flexibility index (Phi) is 4.48. The van der Waals surface area contributed by atoms with Gasteiger partial charge < -0.3 is 9.72 Å². The first-order valence-corrected chi connectivity index (χ1v) is 8.22. The molecule has 0 bridgehead atoms. The van der Waals surface area contributed by atoms with Crippen LogP contribution >= 0.6 is 0 Å². The normalized spacial score (nSPS) is 20.8. The quantitative estimate of drug-likeness (QED) is 0.683. The Hall–Kier alpha value is -2.83. The summed E-state index contributed by atoms with van der Waals surface area (Å²) in [5, 5.41) is 0. The molecule has 0 saturated carbocycles. The van der Waals surface area contributed by atoms with Crippen LogP contribution in [0.15, 0.2) is 46.0 Å². The van der Waals surface area contributed by atoms with Crippen LogP contribution in [0.2, 0.25) is 0 Å². The Morgan fingerprint density at radius 3 is 2.72 bits per heavy atom. The zero-order valence-corrected chi connectivity index (χ0v) is 14.4. The molecule has 25 heavy (non-hydrogen) atoms. The molecule has 2 heterocycles. The summed E-state index contributed by atoms with van der Waals surface area (Å²) in [4.78, 5) is 40.7. The van der Waals surface area contributed by atoms with Gasteiger partial charge in [0.25, 0.3) is 0 Å². The summed E-state index contributed by atoms with van der Waals surface area (Å²) < 4.78 is 6.36. The molecule has 2 aromatic rings. The first-order chi connectivity index (χ1) is 11.9. The summed E-state index contributed by atoms with van der Waals surface area (Å²) in [6, 6.07) is 6.65. The molecule has 1 N–H and O–H groups in total. The topological polar surface area (TPSA) is 84.4 Å². The third-order valence-corrected chi connectivity index (χ3v) is 4.64. The molecule has 2 unspecified atom stereocenters. The summed E-state index contributed by atoms with van der Waals surface area (Å²) in [5.41, 5.74) is 0.0369. The van der Waals surface area contributed by atoms with E-state index < -0.39 is 17.2 Å². The van der Waals surface area contributed by atoms with Crippen molar-refractivity contribution in [1.29, 1.82) is 0 Å². The van der Waals surface area contributed by atoms with Gasteiger partial charge in [-0.05, 0) is 32.4 Å². The molecule has 1 aromatic heterocycles. The summed E-state index contributed by atoms with van der Waals surface area (Å²) in [6.07, 6.45) is 3.98. The van der Waals surface area contributed by atoms with Crippen LogP contribution in [0.4, 0.5) is 4.79 Å². The zero-order chi connectivity index (χ0) is 18.1. The van der Waals surface area contributed by atoms with E-state index in [0.29, 0.717) is 17.5 Å². The molecule has 1 amide bonds. The van der Waals surface area contributed by atoms with Gasteiger partial charge in [0.15, 0.2) is 0 Å². The average molecular weight is 343 g/mol. The van der Waals surface area contributed by atoms with Crippen molar-refractivity contribution in [3.05, 3.63) is 57.1 Å². The molecule has 1 aliphatic rings. The molecule has 0 fully saturated rings. The number of hydrogen-bond acceptors (Lipinski definition) is 4. The van der Waals surface area contributed by atoms with E-state index in [1.54, 1.807) is 23.1 Å². The van der Waals surface area contributed by atoms with Gasteiger partial charge in [-0.2, -0.15) is 0 Å². The molecule has 132 valence electrons. The van der Waals surface area contributed by atoms with Crippen LogP contribution in [0.25, 0.3) is 11.0 Å². The number of carbonyl (C=O) groups is 1. The number of amides is 1. The van der Waals surface area contributed by atoms with E-state index in [0.717, 1.165) is 0 Å². The molecule has 7 nitrogen and oxygen atoms in total. The lowest BCUT2D eigenvalue weighted by Crippen LogP contribution is -2.43. The van der Waals surface area contributed by atoms with Crippen molar-refractivity contribution in [3.8, 4) is 0 Å².